The Morgan fingerprint density at radius 3 is 1.56 bits per heavy atom. The van der Waals surface area contributed by atoms with Crippen LogP contribution >= 0.6 is 0 Å². The second-order valence-corrected chi connectivity index (χ2v) is 10.3. The van der Waals surface area contributed by atoms with Gasteiger partial charge in [-0.25, -0.2) is 16.8 Å². The van der Waals surface area contributed by atoms with Gasteiger partial charge in [-0.3, -0.25) is 0 Å². The van der Waals surface area contributed by atoms with Gasteiger partial charge < -0.3 is 4.74 Å². The van der Waals surface area contributed by atoms with Gasteiger partial charge in [0.2, 0.25) is 0 Å². The second-order valence-electron chi connectivity index (χ2n) is 6.89. The number of rotatable bonds is 7. The zero-order chi connectivity index (χ0) is 20.3. The van der Waals surface area contributed by atoms with E-state index in [1.165, 1.54) is 36.4 Å². The van der Waals surface area contributed by atoms with Crippen LogP contribution in [0.4, 0.5) is 0 Å². The Morgan fingerprint density at radius 1 is 0.778 bits per heavy atom. The molecular weight excluding hydrogens is 388 g/mol. The van der Waals surface area contributed by atoms with E-state index in [0.29, 0.717) is 12.4 Å². The molecule has 0 atom stereocenters. The van der Waals surface area contributed by atoms with E-state index in [4.69, 9.17) is 4.74 Å². The van der Waals surface area contributed by atoms with E-state index >= 15 is 0 Å². The molecule has 7 nitrogen and oxygen atoms in total. The third-order valence-electron chi connectivity index (χ3n) is 3.79. The van der Waals surface area contributed by atoms with Crippen molar-refractivity contribution in [2.75, 3.05) is 6.61 Å². The van der Waals surface area contributed by atoms with Gasteiger partial charge in [0.15, 0.2) is 0 Å². The van der Waals surface area contributed by atoms with Crippen molar-refractivity contribution in [3.63, 3.8) is 0 Å². The molecule has 2 aromatic carbocycles. The average Bonchev–Trinajstić information content (AvgIpc) is 2.60. The van der Waals surface area contributed by atoms with Crippen LogP contribution in [0.5, 0.6) is 5.75 Å². The highest BCUT2D eigenvalue weighted by atomic mass is 32.2. The monoisotopic (exact) mass is 412 g/mol. The molecule has 27 heavy (non-hydrogen) atoms. The summed E-state index contributed by atoms with van der Waals surface area (Å²) in [6.07, 6.45) is 0. The first kappa shape index (κ1) is 21.4. The maximum absolute atomic E-state index is 12.4. The number of hydrogen-bond acceptors (Lipinski definition) is 5. The van der Waals surface area contributed by atoms with E-state index in [1.807, 2.05) is 37.4 Å². The molecule has 0 amide bonds. The normalized spacial score (nSPS) is 12.7. The number of ether oxygens (including phenoxy) is 1. The lowest BCUT2D eigenvalue weighted by Gasteiger charge is -2.19. The van der Waals surface area contributed by atoms with Crippen LogP contribution in [-0.2, 0) is 25.5 Å². The molecule has 0 saturated carbocycles. The van der Waals surface area contributed by atoms with Crippen LogP contribution in [0.1, 0.15) is 33.3 Å². The quantitative estimate of drug-likeness (QED) is 0.681. The van der Waals surface area contributed by atoms with Crippen molar-refractivity contribution in [1.29, 1.82) is 0 Å². The zero-order valence-electron chi connectivity index (χ0n) is 15.7. The lowest BCUT2D eigenvalue weighted by molar-refractivity contribution is 0.340. The summed E-state index contributed by atoms with van der Waals surface area (Å²) in [7, 11) is -8.11. The SMILES string of the molecule is CCOc1ccc(S(=O)(=O)NNS(=O)(=O)c2ccc(C(C)(C)C)cc2)cc1. The summed E-state index contributed by atoms with van der Waals surface area (Å²) in [5.41, 5.74) is 0.849. The number of hydrogen-bond donors (Lipinski definition) is 2. The molecular formula is C18H24N2O5S2. The fraction of sp³-hybridized carbons (Fsp3) is 0.333. The van der Waals surface area contributed by atoms with Crippen molar-refractivity contribution in [1.82, 2.24) is 9.66 Å². The number of sulfonamides is 2. The first-order valence-corrected chi connectivity index (χ1v) is 11.3. The first-order chi connectivity index (χ1) is 12.5. The lowest BCUT2D eigenvalue weighted by Crippen LogP contribution is -2.41. The van der Waals surface area contributed by atoms with Gasteiger partial charge in [-0.1, -0.05) is 32.9 Å². The van der Waals surface area contributed by atoms with Crippen LogP contribution in [0.3, 0.4) is 0 Å². The Kier molecular flexibility index (Phi) is 6.31. The predicted molar refractivity (Wildman–Crippen MR) is 103 cm³/mol. The van der Waals surface area contributed by atoms with Crippen LogP contribution in [0, 0.1) is 0 Å². The number of hydrazine groups is 1. The molecule has 9 heteroatoms. The summed E-state index contributed by atoms with van der Waals surface area (Å²) in [4.78, 5) is 3.70. The lowest BCUT2D eigenvalue weighted by atomic mass is 9.87. The first-order valence-electron chi connectivity index (χ1n) is 8.33. The Morgan fingerprint density at radius 2 is 1.19 bits per heavy atom. The summed E-state index contributed by atoms with van der Waals surface area (Å²) >= 11 is 0. The van der Waals surface area contributed by atoms with Gasteiger partial charge in [-0.15, -0.1) is 9.66 Å². The van der Waals surface area contributed by atoms with Gasteiger partial charge in [0.25, 0.3) is 20.0 Å². The van der Waals surface area contributed by atoms with Crippen molar-refractivity contribution in [3.05, 3.63) is 54.1 Å². The number of benzene rings is 2. The molecule has 0 aliphatic rings. The van der Waals surface area contributed by atoms with Gasteiger partial charge in [-0.2, -0.15) is 0 Å². The summed E-state index contributed by atoms with van der Waals surface area (Å²) in [6, 6.07) is 11.9. The van der Waals surface area contributed by atoms with Crippen molar-refractivity contribution in [3.8, 4) is 5.75 Å². The molecule has 0 bridgehead atoms. The third-order valence-corrected chi connectivity index (χ3v) is 6.44. The Balaban J connectivity index is 2.13. The highest BCUT2D eigenvalue weighted by Crippen LogP contribution is 2.23. The molecule has 0 aliphatic heterocycles. The molecule has 0 spiro atoms. The minimum atomic E-state index is -4.06. The van der Waals surface area contributed by atoms with Gasteiger partial charge >= 0.3 is 0 Å². The molecule has 0 radical (unpaired) electrons. The molecule has 0 aromatic heterocycles. The summed E-state index contributed by atoms with van der Waals surface area (Å²) in [6.45, 7) is 8.31. The van der Waals surface area contributed by atoms with E-state index in [-0.39, 0.29) is 15.2 Å². The third kappa shape index (κ3) is 5.52. The van der Waals surface area contributed by atoms with Gasteiger partial charge in [0.05, 0.1) is 16.4 Å². The van der Waals surface area contributed by atoms with E-state index in [9.17, 15) is 16.8 Å². The molecule has 0 unspecified atom stereocenters. The topological polar surface area (TPSA) is 102 Å². The van der Waals surface area contributed by atoms with E-state index in [1.54, 1.807) is 12.1 Å². The summed E-state index contributed by atoms with van der Waals surface area (Å²) in [5, 5.41) is 0. The molecule has 0 heterocycles. The maximum Gasteiger partial charge on any atom is 0.254 e. The smallest absolute Gasteiger partial charge is 0.254 e. The minimum Gasteiger partial charge on any atom is -0.494 e. The molecule has 0 saturated heterocycles. The van der Waals surface area contributed by atoms with Crippen LogP contribution in [-0.4, -0.2) is 23.4 Å². The summed E-state index contributed by atoms with van der Waals surface area (Å²) < 4.78 is 54.5. The van der Waals surface area contributed by atoms with Crippen LogP contribution in [0.25, 0.3) is 0 Å². The van der Waals surface area contributed by atoms with Gasteiger partial charge in [-0.05, 0) is 54.3 Å². The van der Waals surface area contributed by atoms with E-state index < -0.39 is 20.0 Å². The predicted octanol–water partition coefficient (Wildman–Crippen LogP) is 2.55. The summed E-state index contributed by atoms with van der Waals surface area (Å²) in [5.74, 6) is 0.524. The van der Waals surface area contributed by atoms with E-state index in [0.717, 1.165) is 5.56 Å². The molecule has 0 fully saturated rings. The standard InChI is InChI=1S/C18H24N2O5S2/c1-5-25-15-8-12-17(13-9-15)27(23,24)20-19-26(21,22)16-10-6-14(7-11-16)18(2,3)4/h6-13,19-20H,5H2,1-4H3. The molecule has 2 rings (SSSR count). The van der Waals surface area contributed by atoms with Crippen molar-refractivity contribution in [2.24, 2.45) is 0 Å². The molecule has 0 aliphatic carbocycles. The Bertz CT molecular complexity index is 976. The fourth-order valence-corrected chi connectivity index (χ4v) is 4.35. The molecule has 2 aromatic rings. The van der Waals surface area contributed by atoms with Crippen LogP contribution < -0.4 is 14.4 Å². The minimum absolute atomic E-state index is 0.0371. The maximum atomic E-state index is 12.4. The van der Waals surface area contributed by atoms with Gasteiger partial charge in [0.1, 0.15) is 5.75 Å². The zero-order valence-corrected chi connectivity index (χ0v) is 17.3. The second kappa shape index (κ2) is 7.97. The van der Waals surface area contributed by atoms with E-state index in [2.05, 4.69) is 0 Å². The van der Waals surface area contributed by atoms with Gasteiger partial charge in [0, 0.05) is 0 Å². The average molecular weight is 413 g/mol. The van der Waals surface area contributed by atoms with Crippen molar-refractivity contribution >= 4 is 20.0 Å². The largest absolute Gasteiger partial charge is 0.494 e. The van der Waals surface area contributed by atoms with Crippen molar-refractivity contribution < 1.29 is 21.6 Å². The van der Waals surface area contributed by atoms with Crippen LogP contribution in [0.2, 0.25) is 0 Å². The Hall–Kier alpha value is -1.94. The van der Waals surface area contributed by atoms with Crippen molar-refractivity contribution in [2.45, 2.75) is 42.9 Å². The highest BCUT2D eigenvalue weighted by molar-refractivity contribution is 7.92. The highest BCUT2D eigenvalue weighted by Gasteiger charge is 2.21. The number of nitrogens with one attached hydrogen (secondary N) is 2. The fourth-order valence-electron chi connectivity index (χ4n) is 2.24. The molecule has 2 N–H and O–H groups in total. The van der Waals surface area contributed by atoms with Crippen LogP contribution in [0.15, 0.2) is 58.3 Å². The molecule has 148 valence electrons. The Labute approximate surface area is 160 Å².